The van der Waals surface area contributed by atoms with Gasteiger partial charge in [-0.25, -0.2) is 14.4 Å². The van der Waals surface area contributed by atoms with E-state index in [0.717, 1.165) is 18.5 Å². The van der Waals surface area contributed by atoms with Crippen LogP contribution in [0, 0.1) is 12.7 Å². The van der Waals surface area contributed by atoms with Crippen molar-refractivity contribution >= 4 is 22.4 Å². The summed E-state index contributed by atoms with van der Waals surface area (Å²) in [4.78, 5) is 21.5. The highest BCUT2D eigenvalue weighted by atomic mass is 19.1. The first-order valence-electron chi connectivity index (χ1n) is 9.95. The number of pyridine rings is 1. The summed E-state index contributed by atoms with van der Waals surface area (Å²) in [5, 5.41) is 11.8. The van der Waals surface area contributed by atoms with Crippen molar-refractivity contribution in [3.8, 4) is 11.5 Å². The zero-order valence-electron chi connectivity index (χ0n) is 17.0. The second-order valence-corrected chi connectivity index (χ2v) is 7.65. The van der Waals surface area contributed by atoms with Crippen LogP contribution in [0.3, 0.4) is 0 Å². The van der Waals surface area contributed by atoms with Crippen LogP contribution < -0.4 is 16.6 Å². The SMILES string of the molecule is Cc1nnc(-c2c(N)ncnc2N[C@@H](C)c2cc3cccc(F)c3c(=O)n2C2CC2)o1. The summed E-state index contributed by atoms with van der Waals surface area (Å²) < 4.78 is 21.6. The van der Waals surface area contributed by atoms with Gasteiger partial charge in [0.2, 0.25) is 5.89 Å². The second-order valence-electron chi connectivity index (χ2n) is 7.65. The molecule has 9 nitrogen and oxygen atoms in total. The normalized spacial score (nSPS) is 14.7. The Balaban J connectivity index is 1.61. The average Bonchev–Trinajstić information content (AvgIpc) is 3.48. The molecule has 31 heavy (non-hydrogen) atoms. The molecule has 1 aliphatic carbocycles. The first kappa shape index (κ1) is 19.2. The van der Waals surface area contributed by atoms with Crippen molar-refractivity contribution in [1.82, 2.24) is 24.7 Å². The predicted molar refractivity (Wildman–Crippen MR) is 113 cm³/mol. The van der Waals surface area contributed by atoms with Crippen molar-refractivity contribution in [3.63, 3.8) is 0 Å². The monoisotopic (exact) mass is 421 g/mol. The third kappa shape index (κ3) is 3.29. The van der Waals surface area contributed by atoms with Crippen LogP contribution >= 0.6 is 0 Å². The highest BCUT2D eigenvalue weighted by Crippen LogP contribution is 2.38. The third-order valence-electron chi connectivity index (χ3n) is 5.39. The molecule has 0 bridgehead atoms. The van der Waals surface area contributed by atoms with Gasteiger partial charge < -0.3 is 20.0 Å². The molecule has 3 aromatic heterocycles. The van der Waals surface area contributed by atoms with Gasteiger partial charge >= 0.3 is 0 Å². The largest absolute Gasteiger partial charge is 0.421 e. The molecule has 0 radical (unpaired) electrons. The maximum atomic E-state index is 14.4. The van der Waals surface area contributed by atoms with E-state index in [2.05, 4.69) is 25.5 Å². The fraction of sp³-hybridized carbons (Fsp3) is 0.286. The van der Waals surface area contributed by atoms with Crippen LogP contribution in [0.25, 0.3) is 22.2 Å². The van der Waals surface area contributed by atoms with Crippen LogP contribution in [0.2, 0.25) is 0 Å². The van der Waals surface area contributed by atoms with E-state index in [9.17, 15) is 9.18 Å². The minimum atomic E-state index is -0.512. The first-order valence-corrected chi connectivity index (χ1v) is 9.95. The minimum absolute atomic E-state index is 0.0595. The molecule has 10 heteroatoms. The Labute approximate surface area is 176 Å². The van der Waals surface area contributed by atoms with Gasteiger partial charge in [0.1, 0.15) is 29.3 Å². The Hall–Kier alpha value is -3.82. The highest BCUT2D eigenvalue weighted by Gasteiger charge is 2.30. The Morgan fingerprint density at radius 3 is 2.81 bits per heavy atom. The van der Waals surface area contributed by atoms with Gasteiger partial charge in [-0.05, 0) is 37.3 Å². The van der Waals surface area contributed by atoms with Gasteiger partial charge in [0.15, 0.2) is 0 Å². The van der Waals surface area contributed by atoms with E-state index in [1.54, 1.807) is 23.6 Å². The molecule has 0 unspecified atom stereocenters. The van der Waals surface area contributed by atoms with Crippen LogP contribution in [0.15, 0.2) is 39.8 Å². The number of nitrogens with zero attached hydrogens (tertiary/aromatic N) is 5. The average molecular weight is 421 g/mol. The van der Waals surface area contributed by atoms with Gasteiger partial charge in [0.25, 0.3) is 11.4 Å². The number of fused-ring (bicyclic) bond motifs is 1. The highest BCUT2D eigenvalue weighted by molar-refractivity contribution is 5.83. The van der Waals surface area contributed by atoms with Crippen LogP contribution in [-0.2, 0) is 0 Å². The molecule has 4 aromatic rings. The lowest BCUT2D eigenvalue weighted by Crippen LogP contribution is -2.27. The molecule has 3 heterocycles. The topological polar surface area (TPSA) is 125 Å². The number of anilines is 2. The maximum absolute atomic E-state index is 14.4. The molecular formula is C21H20FN7O2. The number of nitrogens with one attached hydrogen (secondary N) is 1. The second kappa shape index (κ2) is 7.15. The van der Waals surface area contributed by atoms with Crippen molar-refractivity contribution in [3.05, 3.63) is 58.3 Å². The number of aryl methyl sites for hydroxylation is 1. The molecule has 1 saturated carbocycles. The summed E-state index contributed by atoms with van der Waals surface area (Å²) in [6.45, 7) is 3.58. The van der Waals surface area contributed by atoms with E-state index in [-0.39, 0.29) is 34.7 Å². The lowest BCUT2D eigenvalue weighted by atomic mass is 10.1. The fourth-order valence-corrected chi connectivity index (χ4v) is 3.79. The van der Waals surface area contributed by atoms with Gasteiger partial charge in [-0.1, -0.05) is 12.1 Å². The van der Waals surface area contributed by atoms with Crippen molar-refractivity contribution < 1.29 is 8.81 Å². The summed E-state index contributed by atoms with van der Waals surface area (Å²) in [5.74, 6) is 0.662. The number of hydrogen-bond donors (Lipinski definition) is 2. The number of rotatable bonds is 5. The van der Waals surface area contributed by atoms with Crippen LogP contribution in [0.1, 0.15) is 43.4 Å². The van der Waals surface area contributed by atoms with Crippen molar-refractivity contribution in [2.75, 3.05) is 11.1 Å². The van der Waals surface area contributed by atoms with E-state index < -0.39 is 5.82 Å². The summed E-state index contributed by atoms with van der Waals surface area (Å²) >= 11 is 0. The molecule has 0 amide bonds. The Morgan fingerprint density at radius 2 is 2.10 bits per heavy atom. The molecule has 5 rings (SSSR count). The van der Waals surface area contributed by atoms with Gasteiger partial charge in [-0.15, -0.1) is 10.2 Å². The third-order valence-corrected chi connectivity index (χ3v) is 5.39. The molecule has 1 atom stereocenters. The molecular weight excluding hydrogens is 401 g/mol. The number of halogens is 1. The number of nitrogens with two attached hydrogens (primary N) is 1. The van der Waals surface area contributed by atoms with Gasteiger partial charge in [-0.3, -0.25) is 4.79 Å². The Morgan fingerprint density at radius 1 is 1.29 bits per heavy atom. The summed E-state index contributed by atoms with van der Waals surface area (Å²) in [5.41, 5.74) is 6.86. The molecule has 0 aliphatic heterocycles. The standard InChI is InChI=1S/C21H20FN7O2/c1-10(26-19-17(18(23)24-9-25-19)20-28-27-11(2)31-20)15-8-12-4-3-5-14(22)16(12)21(30)29(15)13-6-7-13/h3-5,8-10,13H,6-7H2,1-2H3,(H3,23,24,25,26)/t10-/m0/s1. The Bertz CT molecular complexity index is 1360. The molecule has 158 valence electrons. The predicted octanol–water partition coefficient (Wildman–Crippen LogP) is 3.38. The minimum Gasteiger partial charge on any atom is -0.421 e. The van der Waals surface area contributed by atoms with Gasteiger partial charge in [-0.2, -0.15) is 0 Å². The smallest absolute Gasteiger partial charge is 0.261 e. The van der Waals surface area contributed by atoms with Crippen LogP contribution in [-0.4, -0.2) is 24.7 Å². The zero-order chi connectivity index (χ0) is 21.7. The van der Waals surface area contributed by atoms with E-state index in [1.807, 2.05) is 13.0 Å². The number of aromatic nitrogens is 5. The van der Waals surface area contributed by atoms with E-state index in [4.69, 9.17) is 10.2 Å². The quantitative estimate of drug-likeness (QED) is 0.502. The fourth-order valence-electron chi connectivity index (χ4n) is 3.79. The number of benzene rings is 1. The van der Waals surface area contributed by atoms with Gasteiger partial charge in [0.05, 0.1) is 11.4 Å². The molecule has 1 aliphatic rings. The summed E-state index contributed by atoms with van der Waals surface area (Å²) in [6.07, 6.45) is 3.10. The van der Waals surface area contributed by atoms with Crippen LogP contribution in [0.5, 0.6) is 0 Å². The Kier molecular flexibility index (Phi) is 4.42. The van der Waals surface area contributed by atoms with E-state index in [0.29, 0.717) is 22.7 Å². The molecule has 1 fully saturated rings. The molecule has 0 spiro atoms. The first-order chi connectivity index (χ1) is 14.9. The zero-order valence-corrected chi connectivity index (χ0v) is 17.0. The van der Waals surface area contributed by atoms with Gasteiger partial charge in [0, 0.05) is 18.7 Å². The summed E-state index contributed by atoms with van der Waals surface area (Å²) in [6, 6.07) is 6.20. The van der Waals surface area contributed by atoms with Crippen LogP contribution in [0.4, 0.5) is 16.0 Å². The molecule has 3 N–H and O–H groups in total. The lowest BCUT2D eigenvalue weighted by Gasteiger charge is -2.22. The maximum Gasteiger partial charge on any atom is 0.261 e. The van der Waals surface area contributed by atoms with Crippen molar-refractivity contribution in [2.24, 2.45) is 0 Å². The van der Waals surface area contributed by atoms with E-state index in [1.165, 1.54) is 12.4 Å². The van der Waals surface area contributed by atoms with Crippen molar-refractivity contribution in [1.29, 1.82) is 0 Å². The number of hydrogen-bond acceptors (Lipinski definition) is 8. The van der Waals surface area contributed by atoms with Crippen molar-refractivity contribution in [2.45, 2.75) is 38.8 Å². The molecule has 1 aromatic carbocycles. The van der Waals surface area contributed by atoms with E-state index >= 15 is 0 Å². The summed E-state index contributed by atoms with van der Waals surface area (Å²) in [7, 11) is 0. The molecule has 0 saturated heterocycles. The lowest BCUT2D eigenvalue weighted by molar-refractivity contribution is 0.532. The number of nitrogen functional groups attached to an aromatic ring is 1.